The van der Waals surface area contributed by atoms with Crippen molar-refractivity contribution in [3.63, 3.8) is 0 Å². The number of aryl methyl sites for hydroxylation is 3. The first-order chi connectivity index (χ1) is 14.7. The van der Waals surface area contributed by atoms with Gasteiger partial charge in [0.05, 0.1) is 18.1 Å². The van der Waals surface area contributed by atoms with Gasteiger partial charge in [-0.3, -0.25) is 4.79 Å². The maximum absolute atomic E-state index is 13.2. The predicted molar refractivity (Wildman–Crippen MR) is 121 cm³/mol. The summed E-state index contributed by atoms with van der Waals surface area (Å²) in [7, 11) is -3.12. The summed E-state index contributed by atoms with van der Waals surface area (Å²) in [5.41, 5.74) is 4.02. The monoisotopic (exact) mass is 445 g/mol. The molecule has 1 saturated heterocycles. The van der Waals surface area contributed by atoms with Gasteiger partial charge in [-0.05, 0) is 62.9 Å². The summed E-state index contributed by atoms with van der Waals surface area (Å²) < 4.78 is 35.5. The molecule has 2 aromatic carbocycles. The summed E-state index contributed by atoms with van der Waals surface area (Å²) in [5.74, 6) is 1.37. The Kier molecular flexibility index (Phi) is 7.26. The van der Waals surface area contributed by atoms with Crippen LogP contribution >= 0.6 is 0 Å². The van der Waals surface area contributed by atoms with Crippen LogP contribution in [0.1, 0.15) is 35.6 Å². The first-order valence-electron chi connectivity index (χ1n) is 10.6. The van der Waals surface area contributed by atoms with E-state index in [9.17, 15) is 13.2 Å². The molecule has 0 N–H and O–H groups in total. The molecule has 1 fully saturated rings. The van der Waals surface area contributed by atoms with Crippen molar-refractivity contribution in [3.05, 3.63) is 58.7 Å². The number of ether oxygens (including phenoxy) is 2. The van der Waals surface area contributed by atoms with E-state index >= 15 is 0 Å². The number of carbonyl (C=O) groups is 1. The molecular weight excluding hydrogens is 414 g/mol. The Hall–Kier alpha value is -2.54. The van der Waals surface area contributed by atoms with Crippen LogP contribution in [0.25, 0.3) is 0 Å². The van der Waals surface area contributed by atoms with Gasteiger partial charge in [0.2, 0.25) is 0 Å². The Morgan fingerprint density at radius 2 is 1.71 bits per heavy atom. The number of carbonyl (C=O) groups excluding carboxylic acids is 1. The molecule has 168 valence electrons. The lowest BCUT2D eigenvalue weighted by atomic mass is 10.1. The lowest BCUT2D eigenvalue weighted by Gasteiger charge is -2.29. The molecule has 0 bridgehead atoms. The number of hydrogen-bond donors (Lipinski definition) is 0. The number of sulfone groups is 1. The van der Waals surface area contributed by atoms with E-state index in [1.54, 1.807) is 4.90 Å². The van der Waals surface area contributed by atoms with Crippen molar-refractivity contribution in [3.8, 4) is 11.5 Å². The smallest absolute Gasteiger partial charge is 0.261 e. The molecule has 2 aromatic rings. The predicted octanol–water partition coefficient (Wildman–Crippen LogP) is 3.61. The Balaban J connectivity index is 1.76. The van der Waals surface area contributed by atoms with Crippen LogP contribution in [0, 0.1) is 20.8 Å². The van der Waals surface area contributed by atoms with Gasteiger partial charge in [-0.15, -0.1) is 0 Å². The molecule has 7 heteroatoms. The summed E-state index contributed by atoms with van der Waals surface area (Å²) in [6.07, 6.45) is 0.452. The SMILES string of the molecule is CCOc1ccc(CN(C(=O)COc2c(C)cc(C)cc2C)C2CCS(=O)(=O)C2)cc1. The Bertz CT molecular complexity index is 1010. The molecule has 1 heterocycles. The number of amides is 1. The van der Waals surface area contributed by atoms with Gasteiger partial charge >= 0.3 is 0 Å². The lowest BCUT2D eigenvalue weighted by molar-refractivity contribution is -0.136. The van der Waals surface area contributed by atoms with Crippen LogP contribution in [-0.2, 0) is 21.2 Å². The van der Waals surface area contributed by atoms with E-state index in [2.05, 4.69) is 0 Å². The van der Waals surface area contributed by atoms with Gasteiger partial charge in [-0.1, -0.05) is 29.8 Å². The van der Waals surface area contributed by atoms with Crippen molar-refractivity contribution in [2.45, 2.75) is 46.7 Å². The van der Waals surface area contributed by atoms with Gasteiger partial charge in [-0.2, -0.15) is 0 Å². The van der Waals surface area contributed by atoms with Crippen molar-refractivity contribution in [1.29, 1.82) is 0 Å². The van der Waals surface area contributed by atoms with Gasteiger partial charge in [-0.25, -0.2) is 8.42 Å². The first-order valence-corrected chi connectivity index (χ1v) is 12.4. The van der Waals surface area contributed by atoms with E-state index in [0.29, 0.717) is 25.3 Å². The zero-order valence-corrected chi connectivity index (χ0v) is 19.5. The highest BCUT2D eigenvalue weighted by molar-refractivity contribution is 7.91. The van der Waals surface area contributed by atoms with Gasteiger partial charge < -0.3 is 14.4 Å². The summed E-state index contributed by atoms with van der Waals surface area (Å²) in [6.45, 7) is 8.65. The van der Waals surface area contributed by atoms with E-state index < -0.39 is 9.84 Å². The molecule has 1 aliphatic heterocycles. The quantitative estimate of drug-likeness (QED) is 0.621. The van der Waals surface area contributed by atoms with Crippen molar-refractivity contribution in [2.24, 2.45) is 0 Å². The average molecular weight is 446 g/mol. The van der Waals surface area contributed by atoms with Crippen molar-refractivity contribution < 1.29 is 22.7 Å². The third kappa shape index (κ3) is 6.00. The van der Waals surface area contributed by atoms with Crippen molar-refractivity contribution >= 4 is 15.7 Å². The molecule has 31 heavy (non-hydrogen) atoms. The van der Waals surface area contributed by atoms with Gasteiger partial charge in [0.15, 0.2) is 16.4 Å². The number of hydrogen-bond acceptors (Lipinski definition) is 5. The summed E-state index contributed by atoms with van der Waals surface area (Å²) >= 11 is 0. The van der Waals surface area contributed by atoms with Crippen LogP contribution in [0.3, 0.4) is 0 Å². The normalized spacial score (nSPS) is 17.4. The van der Waals surface area contributed by atoms with E-state index in [1.807, 2.05) is 64.1 Å². The van der Waals surface area contributed by atoms with Crippen LogP contribution < -0.4 is 9.47 Å². The van der Waals surface area contributed by atoms with E-state index in [0.717, 1.165) is 28.0 Å². The third-order valence-electron chi connectivity index (χ3n) is 5.50. The van der Waals surface area contributed by atoms with E-state index in [1.165, 1.54) is 0 Å². The standard InChI is InChI=1S/C24H31NO5S/c1-5-29-22-8-6-20(7-9-22)14-25(21-10-11-31(27,28)16-21)23(26)15-30-24-18(3)12-17(2)13-19(24)4/h6-9,12-13,21H,5,10-11,14-16H2,1-4H3. The summed E-state index contributed by atoms with van der Waals surface area (Å²) in [4.78, 5) is 14.8. The largest absolute Gasteiger partial charge is 0.494 e. The number of rotatable bonds is 8. The Morgan fingerprint density at radius 1 is 1.06 bits per heavy atom. The summed E-state index contributed by atoms with van der Waals surface area (Å²) in [5, 5.41) is 0. The van der Waals surface area contributed by atoms with Crippen LogP contribution in [0.5, 0.6) is 11.5 Å². The second kappa shape index (κ2) is 9.73. The molecule has 1 unspecified atom stereocenters. The zero-order valence-electron chi connectivity index (χ0n) is 18.7. The molecule has 0 radical (unpaired) electrons. The lowest BCUT2D eigenvalue weighted by Crippen LogP contribution is -2.43. The van der Waals surface area contributed by atoms with Crippen LogP contribution in [0.2, 0.25) is 0 Å². The highest BCUT2D eigenvalue weighted by atomic mass is 32.2. The minimum Gasteiger partial charge on any atom is -0.494 e. The minimum atomic E-state index is -3.12. The molecule has 0 saturated carbocycles. The van der Waals surface area contributed by atoms with Crippen LogP contribution in [-0.4, -0.2) is 50.0 Å². The molecule has 0 spiro atoms. The maximum atomic E-state index is 13.2. The average Bonchev–Trinajstić information content (AvgIpc) is 3.06. The molecule has 3 rings (SSSR count). The first kappa shape index (κ1) is 23.1. The highest BCUT2D eigenvalue weighted by Crippen LogP contribution is 2.26. The van der Waals surface area contributed by atoms with Crippen LogP contribution in [0.4, 0.5) is 0 Å². The number of benzene rings is 2. The fraction of sp³-hybridized carbons (Fsp3) is 0.458. The molecule has 1 aliphatic rings. The van der Waals surface area contributed by atoms with Crippen molar-refractivity contribution in [2.75, 3.05) is 24.7 Å². The highest BCUT2D eigenvalue weighted by Gasteiger charge is 2.35. The maximum Gasteiger partial charge on any atom is 0.261 e. The van der Waals surface area contributed by atoms with Crippen molar-refractivity contribution in [1.82, 2.24) is 4.90 Å². The topological polar surface area (TPSA) is 72.9 Å². The third-order valence-corrected chi connectivity index (χ3v) is 7.25. The fourth-order valence-corrected chi connectivity index (χ4v) is 5.84. The Morgan fingerprint density at radius 3 is 2.26 bits per heavy atom. The van der Waals surface area contributed by atoms with Crippen LogP contribution in [0.15, 0.2) is 36.4 Å². The molecule has 6 nitrogen and oxygen atoms in total. The van der Waals surface area contributed by atoms with E-state index in [-0.39, 0.29) is 30.1 Å². The second-order valence-electron chi connectivity index (χ2n) is 8.17. The molecule has 0 aliphatic carbocycles. The second-order valence-corrected chi connectivity index (χ2v) is 10.4. The fourth-order valence-electron chi connectivity index (χ4n) is 4.11. The Labute approximate surface area is 185 Å². The molecule has 1 amide bonds. The molecular formula is C24H31NO5S. The molecule has 1 atom stereocenters. The summed E-state index contributed by atoms with van der Waals surface area (Å²) in [6, 6.07) is 11.2. The van der Waals surface area contributed by atoms with Gasteiger partial charge in [0, 0.05) is 12.6 Å². The zero-order chi connectivity index (χ0) is 22.6. The number of nitrogens with zero attached hydrogens (tertiary/aromatic N) is 1. The molecule has 0 aromatic heterocycles. The van der Waals surface area contributed by atoms with Gasteiger partial charge in [0.1, 0.15) is 11.5 Å². The van der Waals surface area contributed by atoms with E-state index in [4.69, 9.17) is 9.47 Å². The van der Waals surface area contributed by atoms with Gasteiger partial charge in [0.25, 0.3) is 5.91 Å². The minimum absolute atomic E-state index is 0.00163.